The van der Waals surface area contributed by atoms with Gasteiger partial charge in [-0.05, 0) is 27.7 Å². The molecule has 0 spiro atoms. The Balaban J connectivity index is 2.50. The summed E-state index contributed by atoms with van der Waals surface area (Å²) in [5.41, 5.74) is -0.928. The minimum atomic E-state index is -0.471. The largest absolute Gasteiger partial charge is 0.504 e. The molecule has 0 fully saturated rings. The van der Waals surface area contributed by atoms with E-state index >= 15 is 0 Å². The van der Waals surface area contributed by atoms with Crippen molar-refractivity contribution in [3.63, 3.8) is 0 Å². The Morgan fingerprint density at radius 3 is 1.94 bits per heavy atom. The fourth-order valence-corrected chi connectivity index (χ4v) is 1.65. The predicted octanol–water partition coefficient (Wildman–Crippen LogP) is 2.73. The molecule has 1 N–H and O–H groups in total. The first kappa shape index (κ1) is 11.9. The first-order valence-electron chi connectivity index (χ1n) is 5.56. The van der Waals surface area contributed by atoms with Crippen molar-refractivity contribution in [1.82, 2.24) is 0 Å². The predicted molar refractivity (Wildman–Crippen MR) is 64.1 cm³/mol. The van der Waals surface area contributed by atoms with Crippen molar-refractivity contribution in [2.45, 2.75) is 38.9 Å². The average Bonchev–Trinajstić information content (AvgIpc) is 2.19. The molecule has 0 saturated carbocycles. The van der Waals surface area contributed by atoms with E-state index in [0.29, 0.717) is 17.2 Å². The molecule has 0 bridgehead atoms. The summed E-state index contributed by atoms with van der Waals surface area (Å²) in [5, 5.41) is 9.71. The maximum atomic E-state index is 9.71. The van der Waals surface area contributed by atoms with Gasteiger partial charge in [0.05, 0.1) is 7.11 Å². The van der Waals surface area contributed by atoms with Crippen LogP contribution in [0.4, 0.5) is 0 Å². The summed E-state index contributed by atoms with van der Waals surface area (Å²) in [4.78, 5) is 0. The molecule has 0 unspecified atom stereocenters. The first-order valence-corrected chi connectivity index (χ1v) is 5.56. The monoisotopic (exact) mass is 238 g/mol. The molecule has 1 aromatic rings. The van der Waals surface area contributed by atoms with Gasteiger partial charge in [0.2, 0.25) is 0 Å². The van der Waals surface area contributed by atoms with Gasteiger partial charge in [-0.3, -0.25) is 0 Å². The van der Waals surface area contributed by atoms with E-state index in [9.17, 15) is 5.11 Å². The van der Waals surface area contributed by atoms with Gasteiger partial charge in [0, 0.05) is 12.1 Å². The van der Waals surface area contributed by atoms with Crippen molar-refractivity contribution in [2.75, 3.05) is 7.11 Å². The van der Waals surface area contributed by atoms with Crippen LogP contribution in [0.2, 0.25) is 0 Å². The number of phenols is 1. The summed E-state index contributed by atoms with van der Waals surface area (Å²) < 4.78 is 16.8. The second kappa shape index (κ2) is 3.45. The van der Waals surface area contributed by atoms with Crippen LogP contribution in [0.5, 0.6) is 23.0 Å². The number of ether oxygens (including phenoxy) is 3. The highest BCUT2D eigenvalue weighted by molar-refractivity contribution is 5.55. The van der Waals surface area contributed by atoms with Crippen molar-refractivity contribution in [3.8, 4) is 23.0 Å². The Labute approximate surface area is 101 Å². The van der Waals surface area contributed by atoms with Crippen molar-refractivity contribution in [2.24, 2.45) is 0 Å². The number of rotatable bonds is 1. The molecule has 4 nitrogen and oxygen atoms in total. The molecule has 0 aliphatic carbocycles. The topological polar surface area (TPSA) is 47.9 Å². The van der Waals surface area contributed by atoms with E-state index in [0.717, 1.165) is 0 Å². The van der Waals surface area contributed by atoms with Gasteiger partial charge in [-0.25, -0.2) is 0 Å². The first-order chi connectivity index (χ1) is 7.77. The second-order valence-electron chi connectivity index (χ2n) is 5.20. The molecular weight excluding hydrogens is 220 g/mol. The minimum absolute atomic E-state index is 0.0466. The van der Waals surface area contributed by atoms with Crippen molar-refractivity contribution < 1.29 is 19.3 Å². The van der Waals surface area contributed by atoms with Crippen LogP contribution in [-0.2, 0) is 0 Å². The van der Waals surface area contributed by atoms with Gasteiger partial charge in [0.1, 0.15) is 11.2 Å². The molecule has 1 aliphatic heterocycles. The van der Waals surface area contributed by atoms with Crippen LogP contribution in [0.1, 0.15) is 27.7 Å². The minimum Gasteiger partial charge on any atom is -0.504 e. The zero-order valence-corrected chi connectivity index (χ0v) is 10.8. The Bertz CT molecular complexity index is 449. The van der Waals surface area contributed by atoms with Gasteiger partial charge in [-0.15, -0.1) is 0 Å². The van der Waals surface area contributed by atoms with E-state index in [4.69, 9.17) is 14.2 Å². The summed E-state index contributed by atoms with van der Waals surface area (Å²) in [7, 11) is 1.50. The maximum absolute atomic E-state index is 9.71. The number of phenolic OH excluding ortho intramolecular Hbond substituents is 1. The van der Waals surface area contributed by atoms with Gasteiger partial charge in [0.15, 0.2) is 23.0 Å². The molecule has 4 heteroatoms. The fraction of sp³-hybridized carbons (Fsp3) is 0.538. The molecule has 17 heavy (non-hydrogen) atoms. The molecule has 2 rings (SSSR count). The fourth-order valence-electron chi connectivity index (χ4n) is 1.65. The maximum Gasteiger partial charge on any atom is 0.166 e. The van der Waals surface area contributed by atoms with Gasteiger partial charge in [-0.1, -0.05) is 0 Å². The van der Waals surface area contributed by atoms with Crippen molar-refractivity contribution in [1.29, 1.82) is 0 Å². The van der Waals surface area contributed by atoms with Gasteiger partial charge in [0.25, 0.3) is 0 Å². The number of hydrogen-bond acceptors (Lipinski definition) is 4. The molecule has 1 aromatic carbocycles. The van der Waals surface area contributed by atoms with E-state index in [1.54, 1.807) is 6.07 Å². The highest BCUT2D eigenvalue weighted by Crippen LogP contribution is 2.47. The van der Waals surface area contributed by atoms with Crippen molar-refractivity contribution in [3.05, 3.63) is 12.1 Å². The van der Waals surface area contributed by atoms with Crippen LogP contribution in [0, 0.1) is 0 Å². The van der Waals surface area contributed by atoms with Crippen LogP contribution in [0.3, 0.4) is 0 Å². The van der Waals surface area contributed by atoms with E-state index in [1.165, 1.54) is 13.2 Å². The lowest BCUT2D eigenvalue weighted by atomic mass is 9.88. The Morgan fingerprint density at radius 2 is 1.47 bits per heavy atom. The molecule has 1 aliphatic rings. The smallest absolute Gasteiger partial charge is 0.166 e. The highest BCUT2D eigenvalue weighted by atomic mass is 16.6. The van der Waals surface area contributed by atoms with Crippen LogP contribution < -0.4 is 14.2 Å². The van der Waals surface area contributed by atoms with Crippen LogP contribution >= 0.6 is 0 Å². The quantitative estimate of drug-likeness (QED) is 0.817. The molecule has 1 heterocycles. The third-order valence-electron chi connectivity index (χ3n) is 3.43. The number of aromatic hydroxyl groups is 1. The lowest BCUT2D eigenvalue weighted by Crippen LogP contribution is -2.56. The zero-order valence-electron chi connectivity index (χ0n) is 10.8. The van der Waals surface area contributed by atoms with Gasteiger partial charge < -0.3 is 19.3 Å². The van der Waals surface area contributed by atoms with Gasteiger partial charge >= 0.3 is 0 Å². The normalized spacial score (nSPS) is 19.8. The molecule has 0 aromatic heterocycles. The SMILES string of the molecule is COc1cc2c(cc1O)OC(C)(C)C(C)(C)O2. The Hall–Kier alpha value is -1.58. The summed E-state index contributed by atoms with van der Waals surface area (Å²) in [5.74, 6) is 1.55. The summed E-state index contributed by atoms with van der Waals surface area (Å²) in [6.45, 7) is 7.85. The lowest BCUT2D eigenvalue weighted by Gasteiger charge is -2.45. The summed E-state index contributed by atoms with van der Waals surface area (Å²) >= 11 is 0. The van der Waals surface area contributed by atoms with Crippen LogP contribution in [0.15, 0.2) is 12.1 Å². The highest BCUT2D eigenvalue weighted by Gasteiger charge is 2.46. The Kier molecular flexibility index (Phi) is 2.42. The molecule has 94 valence electrons. The standard InChI is InChI=1S/C13H18O4/c1-12(2)13(3,4)17-11-7-9(15-5)8(14)6-10(11)16-12/h6-7,14H,1-5H3. The van der Waals surface area contributed by atoms with Gasteiger partial charge in [-0.2, -0.15) is 0 Å². The third kappa shape index (κ3) is 1.77. The van der Waals surface area contributed by atoms with Crippen LogP contribution in [-0.4, -0.2) is 23.4 Å². The number of benzene rings is 1. The molecule has 0 atom stereocenters. The number of hydrogen-bond donors (Lipinski definition) is 1. The molecule has 0 radical (unpaired) electrons. The third-order valence-corrected chi connectivity index (χ3v) is 3.43. The van der Waals surface area contributed by atoms with E-state index in [1.807, 2.05) is 27.7 Å². The Morgan fingerprint density at radius 1 is 1.00 bits per heavy atom. The second-order valence-corrected chi connectivity index (χ2v) is 5.20. The number of methoxy groups -OCH3 is 1. The molecular formula is C13H18O4. The van der Waals surface area contributed by atoms with E-state index < -0.39 is 11.2 Å². The average molecular weight is 238 g/mol. The van der Waals surface area contributed by atoms with Crippen molar-refractivity contribution >= 4 is 0 Å². The van der Waals surface area contributed by atoms with E-state index in [2.05, 4.69) is 0 Å². The molecule has 0 amide bonds. The summed E-state index contributed by atoms with van der Waals surface area (Å²) in [6, 6.07) is 3.16. The molecule has 0 saturated heterocycles. The van der Waals surface area contributed by atoms with Crippen LogP contribution in [0.25, 0.3) is 0 Å². The van der Waals surface area contributed by atoms with E-state index in [-0.39, 0.29) is 5.75 Å². The number of fused-ring (bicyclic) bond motifs is 1. The summed E-state index contributed by atoms with van der Waals surface area (Å²) in [6.07, 6.45) is 0. The lowest BCUT2D eigenvalue weighted by molar-refractivity contribution is -0.0993. The zero-order chi connectivity index (χ0) is 12.8.